The number of thiophene rings is 1. The van der Waals surface area contributed by atoms with E-state index in [0.29, 0.717) is 0 Å². The van der Waals surface area contributed by atoms with Crippen LogP contribution in [0.4, 0.5) is 0 Å². The van der Waals surface area contributed by atoms with Crippen LogP contribution in [-0.4, -0.2) is 33.2 Å². The molecule has 0 fully saturated rings. The van der Waals surface area contributed by atoms with E-state index in [4.69, 9.17) is 5.11 Å². The van der Waals surface area contributed by atoms with Gasteiger partial charge in [0, 0.05) is 41.8 Å². The third-order valence-corrected chi connectivity index (χ3v) is 3.65. The van der Waals surface area contributed by atoms with Crippen molar-refractivity contribution >= 4 is 11.3 Å². The summed E-state index contributed by atoms with van der Waals surface area (Å²) < 4.78 is 2.03. The molecule has 100 valence electrons. The molecule has 2 rings (SSSR count). The van der Waals surface area contributed by atoms with Crippen LogP contribution in [0.2, 0.25) is 0 Å². The van der Waals surface area contributed by atoms with E-state index in [0.717, 1.165) is 24.5 Å². The maximum atomic E-state index is 8.66. The molecule has 0 aliphatic heterocycles. The van der Waals surface area contributed by atoms with Gasteiger partial charge in [-0.05, 0) is 13.1 Å². The Hall–Kier alpha value is -1.61. The highest BCUT2D eigenvalue weighted by Crippen LogP contribution is 2.16. The second-order valence-electron chi connectivity index (χ2n) is 4.39. The van der Waals surface area contributed by atoms with Gasteiger partial charge in [0.05, 0.1) is 6.54 Å². The van der Waals surface area contributed by atoms with Gasteiger partial charge in [0.1, 0.15) is 12.4 Å². The Labute approximate surface area is 117 Å². The van der Waals surface area contributed by atoms with Crippen LogP contribution in [0, 0.1) is 11.8 Å². The minimum absolute atomic E-state index is 0.0930. The Morgan fingerprint density at radius 3 is 3.00 bits per heavy atom. The van der Waals surface area contributed by atoms with Crippen molar-refractivity contribution in [2.75, 3.05) is 13.7 Å². The van der Waals surface area contributed by atoms with Crippen LogP contribution in [0.1, 0.15) is 16.3 Å². The van der Waals surface area contributed by atoms with Gasteiger partial charge in [0.2, 0.25) is 0 Å². The molecule has 2 heterocycles. The molecule has 0 saturated carbocycles. The lowest BCUT2D eigenvalue weighted by Crippen LogP contribution is -2.18. The number of hydrogen-bond donors (Lipinski definition) is 1. The van der Waals surface area contributed by atoms with E-state index in [1.165, 1.54) is 4.88 Å². The average Bonchev–Trinajstić information content (AvgIpc) is 2.97. The van der Waals surface area contributed by atoms with Gasteiger partial charge in [0.15, 0.2) is 0 Å². The molecule has 0 aliphatic carbocycles. The molecular weight excluding hydrogens is 258 g/mol. The van der Waals surface area contributed by atoms with Crippen LogP contribution < -0.4 is 0 Å². The Kier molecular flexibility index (Phi) is 4.74. The third kappa shape index (κ3) is 3.93. The second-order valence-corrected chi connectivity index (χ2v) is 5.38. The fourth-order valence-electron chi connectivity index (χ4n) is 1.78. The van der Waals surface area contributed by atoms with Gasteiger partial charge in [-0.1, -0.05) is 11.8 Å². The molecule has 0 radical (unpaired) electrons. The number of hydrogen-bond acceptors (Lipinski definition) is 4. The fourth-order valence-corrected chi connectivity index (χ4v) is 2.68. The molecule has 2 aromatic heterocycles. The molecule has 4 nitrogen and oxygen atoms in total. The van der Waals surface area contributed by atoms with Crippen LogP contribution in [-0.2, 0) is 20.1 Å². The lowest BCUT2D eigenvalue weighted by atomic mass is 10.3. The molecule has 1 N–H and O–H groups in total. The van der Waals surface area contributed by atoms with Crippen molar-refractivity contribution in [2.45, 2.75) is 13.1 Å². The van der Waals surface area contributed by atoms with Crippen molar-refractivity contribution in [1.82, 2.24) is 14.5 Å². The minimum Gasteiger partial charge on any atom is -0.384 e. The maximum absolute atomic E-state index is 8.66. The first-order chi connectivity index (χ1) is 9.19. The van der Waals surface area contributed by atoms with Gasteiger partial charge in [-0.3, -0.25) is 4.90 Å². The molecule has 0 amide bonds. The number of aromatic nitrogens is 2. The minimum atomic E-state index is -0.0930. The van der Waals surface area contributed by atoms with Crippen molar-refractivity contribution in [3.05, 3.63) is 40.1 Å². The quantitative estimate of drug-likeness (QED) is 0.859. The lowest BCUT2D eigenvalue weighted by molar-refractivity contribution is 0.310. The average molecular weight is 275 g/mol. The summed E-state index contributed by atoms with van der Waals surface area (Å²) >= 11 is 1.69. The van der Waals surface area contributed by atoms with E-state index in [1.807, 2.05) is 29.4 Å². The van der Waals surface area contributed by atoms with Crippen molar-refractivity contribution in [3.63, 3.8) is 0 Å². The Balaban J connectivity index is 1.93. The van der Waals surface area contributed by atoms with E-state index in [9.17, 15) is 0 Å². The van der Waals surface area contributed by atoms with Crippen LogP contribution in [0.15, 0.2) is 23.8 Å². The van der Waals surface area contributed by atoms with Gasteiger partial charge >= 0.3 is 0 Å². The number of aliphatic hydroxyl groups is 1. The number of imidazole rings is 1. The second kappa shape index (κ2) is 6.53. The third-order valence-electron chi connectivity index (χ3n) is 2.72. The molecule has 0 atom stereocenters. The highest BCUT2D eigenvalue weighted by Gasteiger charge is 2.06. The summed E-state index contributed by atoms with van der Waals surface area (Å²) in [7, 11) is 4.08. The molecule has 2 aromatic rings. The van der Waals surface area contributed by atoms with E-state index in [2.05, 4.69) is 34.8 Å². The largest absolute Gasteiger partial charge is 0.384 e. The van der Waals surface area contributed by atoms with E-state index < -0.39 is 0 Å². The van der Waals surface area contributed by atoms with Gasteiger partial charge < -0.3 is 9.67 Å². The van der Waals surface area contributed by atoms with Crippen LogP contribution in [0.5, 0.6) is 0 Å². The molecule has 0 bridgehead atoms. The molecule has 19 heavy (non-hydrogen) atoms. The van der Waals surface area contributed by atoms with Gasteiger partial charge in [-0.15, -0.1) is 11.3 Å². The molecule has 0 unspecified atom stereocenters. The maximum Gasteiger partial charge on any atom is 0.122 e. The summed E-state index contributed by atoms with van der Waals surface area (Å²) in [6.07, 6.45) is 3.77. The summed E-state index contributed by atoms with van der Waals surface area (Å²) in [6.45, 7) is 1.60. The smallest absolute Gasteiger partial charge is 0.122 e. The molecule has 0 aromatic carbocycles. The number of rotatable bonds is 4. The highest BCUT2D eigenvalue weighted by atomic mass is 32.1. The number of aryl methyl sites for hydroxylation is 1. The number of nitrogens with zero attached hydrogens (tertiary/aromatic N) is 3. The van der Waals surface area contributed by atoms with E-state index >= 15 is 0 Å². The SMILES string of the molecule is CN(Cc1cc(C#CCO)cs1)Cc1nccn1C. The zero-order valence-corrected chi connectivity index (χ0v) is 11.9. The predicted octanol–water partition coefficient (Wildman–Crippen LogP) is 1.46. The molecule has 0 spiro atoms. The van der Waals surface area contributed by atoms with Crippen LogP contribution in [0.3, 0.4) is 0 Å². The first kappa shape index (κ1) is 13.8. The summed E-state index contributed by atoms with van der Waals surface area (Å²) in [5.74, 6) is 6.63. The summed E-state index contributed by atoms with van der Waals surface area (Å²) in [5.41, 5.74) is 0.972. The van der Waals surface area contributed by atoms with Crippen molar-refractivity contribution < 1.29 is 5.11 Å². The van der Waals surface area contributed by atoms with Crippen molar-refractivity contribution in [2.24, 2.45) is 7.05 Å². The normalized spacial score (nSPS) is 10.5. The van der Waals surface area contributed by atoms with Crippen LogP contribution in [0.25, 0.3) is 0 Å². The Morgan fingerprint density at radius 1 is 1.47 bits per heavy atom. The molecule has 0 saturated heterocycles. The summed E-state index contributed by atoms with van der Waals surface area (Å²) in [4.78, 5) is 7.80. The van der Waals surface area contributed by atoms with Gasteiger partial charge in [-0.25, -0.2) is 4.98 Å². The van der Waals surface area contributed by atoms with Crippen molar-refractivity contribution in [3.8, 4) is 11.8 Å². The molecular formula is C14H17N3OS. The molecule has 0 aliphatic rings. The lowest BCUT2D eigenvalue weighted by Gasteiger charge is -2.14. The Bertz CT molecular complexity index is 591. The van der Waals surface area contributed by atoms with Crippen LogP contribution >= 0.6 is 11.3 Å². The van der Waals surface area contributed by atoms with E-state index in [1.54, 1.807) is 11.3 Å². The Morgan fingerprint density at radius 2 is 2.32 bits per heavy atom. The van der Waals surface area contributed by atoms with Gasteiger partial charge in [-0.2, -0.15) is 0 Å². The molecule has 5 heteroatoms. The number of aliphatic hydroxyl groups excluding tert-OH is 1. The van der Waals surface area contributed by atoms with Gasteiger partial charge in [0.25, 0.3) is 0 Å². The monoisotopic (exact) mass is 275 g/mol. The van der Waals surface area contributed by atoms with E-state index in [-0.39, 0.29) is 6.61 Å². The summed E-state index contributed by atoms with van der Waals surface area (Å²) in [6, 6.07) is 2.07. The zero-order chi connectivity index (χ0) is 13.7. The standard InChI is InChI=1S/C14H17N3OS/c1-16(10-14-15-5-6-17(14)2)9-13-8-12(11-19-13)4-3-7-18/h5-6,8,11,18H,7,9-10H2,1-2H3. The zero-order valence-electron chi connectivity index (χ0n) is 11.1. The summed E-state index contributed by atoms with van der Waals surface area (Å²) in [5, 5.41) is 10.7. The fraction of sp³-hybridized carbons (Fsp3) is 0.357. The van der Waals surface area contributed by atoms with Crippen molar-refractivity contribution in [1.29, 1.82) is 0 Å². The first-order valence-corrected chi connectivity index (χ1v) is 6.89. The highest BCUT2D eigenvalue weighted by molar-refractivity contribution is 7.10. The predicted molar refractivity (Wildman–Crippen MR) is 76.7 cm³/mol. The first-order valence-electron chi connectivity index (χ1n) is 6.01. The topological polar surface area (TPSA) is 41.3 Å².